The topological polar surface area (TPSA) is 224 Å². The molecule has 0 aromatic rings. The van der Waals surface area contributed by atoms with Crippen LogP contribution in [0.2, 0.25) is 6.04 Å². The van der Waals surface area contributed by atoms with Crippen LogP contribution in [0.25, 0.3) is 0 Å². The SMILES string of the molecule is CCO[Si](CCCNC(=O)NC(C)(C)SCC(C)(CO)C(=O)OC(CS(=O)(=O)O)CS(=O)(=O)O)(OCC)OCC. The molecule has 0 rings (SSSR count). The third-order valence-electron chi connectivity index (χ3n) is 5.11. The van der Waals surface area contributed by atoms with Crippen LogP contribution in [0.3, 0.4) is 0 Å². The molecule has 40 heavy (non-hydrogen) atoms. The first-order valence-electron chi connectivity index (χ1n) is 12.6. The molecule has 0 aromatic heterocycles. The maximum absolute atomic E-state index is 12.7. The predicted octanol–water partition coefficient (Wildman–Crippen LogP) is 0.879. The Labute approximate surface area is 242 Å². The Bertz CT molecular complexity index is 960. The zero-order valence-corrected chi connectivity index (χ0v) is 27.2. The number of ether oxygens (including phenoxy) is 1. The summed E-state index contributed by atoms with van der Waals surface area (Å²) in [6.45, 7) is 11.0. The highest BCUT2D eigenvalue weighted by molar-refractivity contribution is 8.00. The lowest BCUT2D eigenvalue weighted by Gasteiger charge is -2.32. The molecule has 15 nitrogen and oxygen atoms in total. The lowest BCUT2D eigenvalue weighted by atomic mass is 9.95. The smallest absolute Gasteiger partial charge is 0.460 e. The quantitative estimate of drug-likeness (QED) is 0.0380. The van der Waals surface area contributed by atoms with Crippen LogP contribution in [0.15, 0.2) is 0 Å². The zero-order chi connectivity index (χ0) is 31.3. The summed E-state index contributed by atoms with van der Waals surface area (Å²) >= 11 is 1.06. The first kappa shape index (κ1) is 39.0. The van der Waals surface area contributed by atoms with Gasteiger partial charge in [0.2, 0.25) is 0 Å². The van der Waals surface area contributed by atoms with Crippen molar-refractivity contribution in [3.8, 4) is 0 Å². The largest absolute Gasteiger partial charge is 0.500 e. The summed E-state index contributed by atoms with van der Waals surface area (Å²) in [6, 6.07) is 0.0114. The number of carbonyl (C=O) groups is 2. The van der Waals surface area contributed by atoms with Gasteiger partial charge in [0.1, 0.15) is 17.6 Å². The van der Waals surface area contributed by atoms with Crippen molar-refractivity contribution in [2.45, 2.75) is 65.0 Å². The van der Waals surface area contributed by atoms with Crippen LogP contribution in [-0.4, -0.2) is 113 Å². The molecule has 0 aliphatic rings. The summed E-state index contributed by atoms with van der Waals surface area (Å²) in [7, 11) is -12.4. The van der Waals surface area contributed by atoms with Crippen molar-refractivity contribution in [2.24, 2.45) is 5.41 Å². The average molecular weight is 657 g/mol. The normalized spacial score (nSPS) is 14.6. The van der Waals surface area contributed by atoms with E-state index >= 15 is 0 Å². The number of urea groups is 1. The lowest BCUT2D eigenvalue weighted by Crippen LogP contribution is -2.49. The number of rotatable bonds is 21. The van der Waals surface area contributed by atoms with Gasteiger partial charge in [-0.2, -0.15) is 16.8 Å². The average Bonchev–Trinajstić information content (AvgIpc) is 2.78. The van der Waals surface area contributed by atoms with E-state index in [0.29, 0.717) is 38.8 Å². The highest BCUT2D eigenvalue weighted by Crippen LogP contribution is 2.31. The van der Waals surface area contributed by atoms with Gasteiger partial charge in [0.25, 0.3) is 20.2 Å². The third kappa shape index (κ3) is 16.4. The van der Waals surface area contributed by atoms with Gasteiger partial charge >= 0.3 is 20.8 Å². The van der Waals surface area contributed by atoms with E-state index < -0.39 is 75.5 Å². The molecule has 0 radical (unpaired) electrons. The molecule has 0 saturated carbocycles. The third-order valence-corrected chi connectivity index (χ3v) is 11.5. The molecule has 0 aliphatic heterocycles. The highest BCUT2D eigenvalue weighted by atomic mass is 32.2. The molecule has 0 spiro atoms. The van der Waals surface area contributed by atoms with E-state index in [1.165, 1.54) is 6.92 Å². The summed E-state index contributed by atoms with van der Waals surface area (Å²) in [4.78, 5) is 24.3. The van der Waals surface area contributed by atoms with Crippen LogP contribution in [0, 0.1) is 5.41 Å². The van der Waals surface area contributed by atoms with Crippen molar-refractivity contribution >= 4 is 52.8 Å². The number of esters is 1. The first-order chi connectivity index (χ1) is 18.3. The van der Waals surface area contributed by atoms with Crippen molar-refractivity contribution in [2.75, 3.05) is 50.2 Å². The van der Waals surface area contributed by atoms with Crippen LogP contribution in [0.5, 0.6) is 0 Å². The first-order valence-corrected chi connectivity index (χ1v) is 18.7. The molecule has 1 atom stereocenters. The molecule has 1 unspecified atom stereocenters. The van der Waals surface area contributed by atoms with Gasteiger partial charge in [-0.3, -0.25) is 13.9 Å². The summed E-state index contributed by atoms with van der Waals surface area (Å²) in [5.41, 5.74) is -1.65. The van der Waals surface area contributed by atoms with E-state index in [-0.39, 0.29) is 5.75 Å². The van der Waals surface area contributed by atoms with Gasteiger partial charge in [-0.25, -0.2) is 4.79 Å². The molecule has 0 aromatic carbocycles. The van der Waals surface area contributed by atoms with Crippen LogP contribution in [0.4, 0.5) is 4.79 Å². The van der Waals surface area contributed by atoms with E-state index in [9.17, 15) is 31.5 Å². The highest BCUT2D eigenvalue weighted by Gasteiger charge is 2.41. The fraction of sp³-hybridized carbons (Fsp3) is 0.905. The van der Waals surface area contributed by atoms with E-state index in [4.69, 9.17) is 27.1 Å². The molecule has 0 aliphatic carbocycles. The number of aliphatic hydroxyl groups excluding tert-OH is 1. The minimum Gasteiger partial charge on any atom is -0.460 e. The van der Waals surface area contributed by atoms with Gasteiger partial charge in [-0.05, 0) is 48.0 Å². The second-order valence-corrected chi connectivity index (χ2v) is 16.8. The molecule has 0 heterocycles. The molecule has 238 valence electrons. The minimum atomic E-state index is -4.76. The fourth-order valence-electron chi connectivity index (χ4n) is 3.25. The maximum Gasteiger partial charge on any atom is 0.500 e. The number of nitrogens with one attached hydrogen (secondary N) is 2. The van der Waals surface area contributed by atoms with Gasteiger partial charge in [-0.15, -0.1) is 11.8 Å². The monoisotopic (exact) mass is 656 g/mol. The second-order valence-electron chi connectivity index (χ2n) is 9.51. The van der Waals surface area contributed by atoms with E-state index in [0.717, 1.165) is 11.8 Å². The second kappa shape index (κ2) is 17.2. The number of carbonyl (C=O) groups excluding carboxylic acids is 2. The molecule has 5 N–H and O–H groups in total. The van der Waals surface area contributed by atoms with Gasteiger partial charge in [0.15, 0.2) is 0 Å². The van der Waals surface area contributed by atoms with E-state index in [1.54, 1.807) is 13.8 Å². The van der Waals surface area contributed by atoms with Crippen molar-refractivity contribution in [1.29, 1.82) is 0 Å². The summed E-state index contributed by atoms with van der Waals surface area (Å²) in [5, 5.41) is 15.3. The maximum atomic E-state index is 12.7. The molecule has 2 amide bonds. The van der Waals surface area contributed by atoms with Crippen LogP contribution in [0.1, 0.15) is 48.0 Å². The standard InChI is InChI=1S/C21H44N2O13S3Si/c1-7-33-40(34-8-2,35-9-3)12-10-11-22-19(26)23-20(4,5)37-16-21(6,15-24)18(25)36-17(13-38(27,28)29)14-39(30,31)32/h17,24H,7-16H2,1-6H3,(H2,22,23,26)(H,27,28,29)(H,30,31,32). The van der Waals surface area contributed by atoms with Gasteiger partial charge in [0.05, 0.1) is 16.9 Å². The van der Waals surface area contributed by atoms with E-state index in [1.807, 2.05) is 20.8 Å². The molecular formula is C21H44N2O13S3Si. The Hall–Kier alpha value is -1.03. The number of thioether (sulfide) groups is 1. The Morgan fingerprint density at radius 1 is 0.925 bits per heavy atom. The zero-order valence-electron chi connectivity index (χ0n) is 23.8. The molecule has 0 saturated heterocycles. The minimum absolute atomic E-state index is 0.134. The van der Waals surface area contributed by atoms with Crippen LogP contribution < -0.4 is 10.6 Å². The van der Waals surface area contributed by atoms with Gasteiger partial charge in [-0.1, -0.05) is 0 Å². The Morgan fingerprint density at radius 3 is 1.80 bits per heavy atom. The van der Waals surface area contributed by atoms with Gasteiger partial charge < -0.3 is 33.8 Å². The molecule has 19 heteroatoms. The predicted molar refractivity (Wildman–Crippen MR) is 151 cm³/mol. The van der Waals surface area contributed by atoms with Gasteiger partial charge in [0, 0.05) is 38.2 Å². The Morgan fingerprint density at radius 2 is 1.40 bits per heavy atom. The van der Waals surface area contributed by atoms with Crippen molar-refractivity contribution in [3.05, 3.63) is 0 Å². The number of hydrogen-bond donors (Lipinski definition) is 5. The van der Waals surface area contributed by atoms with Crippen molar-refractivity contribution in [1.82, 2.24) is 10.6 Å². The summed E-state index contributed by atoms with van der Waals surface area (Å²) < 4.78 is 85.1. The number of aliphatic hydroxyl groups is 1. The van der Waals surface area contributed by atoms with E-state index in [2.05, 4.69) is 10.6 Å². The lowest BCUT2D eigenvalue weighted by molar-refractivity contribution is -0.159. The van der Waals surface area contributed by atoms with Crippen molar-refractivity contribution in [3.63, 3.8) is 0 Å². The Balaban J connectivity index is 5.08. The van der Waals surface area contributed by atoms with Crippen molar-refractivity contribution < 1.29 is 58.7 Å². The number of amides is 2. The fourth-order valence-corrected chi connectivity index (χ4v) is 8.38. The summed E-state index contributed by atoms with van der Waals surface area (Å²) in [6.07, 6.45) is -1.38. The summed E-state index contributed by atoms with van der Waals surface area (Å²) in [5.74, 6) is -3.84. The molecule has 0 fully saturated rings. The molecular weight excluding hydrogens is 613 g/mol. The Kier molecular flexibility index (Phi) is 16.7. The van der Waals surface area contributed by atoms with Crippen LogP contribution >= 0.6 is 11.8 Å². The molecule has 0 bridgehead atoms. The van der Waals surface area contributed by atoms with Crippen LogP contribution in [-0.2, 0) is 43.0 Å². The number of hydrogen-bond acceptors (Lipinski definition) is 12.